The van der Waals surface area contributed by atoms with E-state index in [9.17, 15) is 5.26 Å². The van der Waals surface area contributed by atoms with Crippen LogP contribution in [0.2, 0.25) is 0 Å². The minimum atomic E-state index is -0.0227. The summed E-state index contributed by atoms with van der Waals surface area (Å²) < 4.78 is 11.5. The first-order valence-corrected chi connectivity index (χ1v) is 9.54. The molecule has 0 aromatic heterocycles. The van der Waals surface area contributed by atoms with E-state index in [1.54, 1.807) is 7.11 Å². The average Bonchev–Trinajstić information content (AvgIpc) is 3.01. The van der Waals surface area contributed by atoms with Crippen LogP contribution in [0, 0.1) is 16.9 Å². The highest BCUT2D eigenvalue weighted by Crippen LogP contribution is 2.48. The highest BCUT2D eigenvalue weighted by atomic mass is 16.5. The lowest BCUT2D eigenvalue weighted by Crippen LogP contribution is -2.35. The molecule has 2 aliphatic carbocycles. The summed E-state index contributed by atoms with van der Waals surface area (Å²) in [5.74, 6) is 0.825. The van der Waals surface area contributed by atoms with Gasteiger partial charge in [0.05, 0.1) is 11.8 Å². The van der Waals surface area contributed by atoms with Gasteiger partial charge in [0.2, 0.25) is 6.19 Å². The van der Waals surface area contributed by atoms with Crippen molar-refractivity contribution in [3.8, 4) is 11.9 Å². The molecule has 4 nitrogen and oxygen atoms in total. The summed E-state index contributed by atoms with van der Waals surface area (Å²) in [6.07, 6.45) is 7.39. The Morgan fingerprint density at radius 3 is 2.63 bits per heavy atom. The van der Waals surface area contributed by atoms with Gasteiger partial charge in [-0.25, -0.2) is 0 Å². The molecule has 2 aliphatic rings. The van der Waals surface area contributed by atoms with Crippen LogP contribution >= 0.6 is 0 Å². The van der Waals surface area contributed by atoms with Crippen LogP contribution in [0.25, 0.3) is 0 Å². The molecule has 27 heavy (non-hydrogen) atoms. The molecule has 0 bridgehead atoms. The van der Waals surface area contributed by atoms with Crippen LogP contribution in [-0.4, -0.2) is 18.9 Å². The molecule has 0 N–H and O–H groups in total. The lowest BCUT2D eigenvalue weighted by molar-refractivity contribution is 0.0468. The van der Waals surface area contributed by atoms with Crippen molar-refractivity contribution in [2.24, 2.45) is 10.4 Å². The fourth-order valence-corrected chi connectivity index (χ4v) is 4.52. The van der Waals surface area contributed by atoms with Gasteiger partial charge < -0.3 is 9.47 Å². The predicted octanol–water partition coefficient (Wildman–Crippen LogP) is 4.67. The number of nitriles is 1. The second-order valence-corrected chi connectivity index (χ2v) is 7.55. The molecule has 0 heterocycles. The molecule has 0 unspecified atom stereocenters. The number of rotatable bonds is 4. The van der Waals surface area contributed by atoms with Gasteiger partial charge >= 0.3 is 0 Å². The lowest BCUT2D eigenvalue weighted by atomic mass is 9.70. The van der Waals surface area contributed by atoms with Crippen molar-refractivity contribution >= 4 is 5.71 Å². The van der Waals surface area contributed by atoms with E-state index in [0.29, 0.717) is 12.7 Å². The first kappa shape index (κ1) is 17.8. The van der Waals surface area contributed by atoms with E-state index in [4.69, 9.17) is 9.47 Å². The fourth-order valence-electron chi connectivity index (χ4n) is 4.52. The Bertz CT molecular complexity index is 875. The molecule has 0 amide bonds. The molecule has 0 saturated heterocycles. The molecule has 138 valence electrons. The monoisotopic (exact) mass is 360 g/mol. The molecule has 4 heteroatoms. The Labute approximate surface area is 160 Å². The minimum Gasteiger partial charge on any atom is -0.489 e. The Hall–Kier alpha value is -2.64. The number of aliphatic imine (C=N–C) groups is 1. The smallest absolute Gasteiger partial charge is 0.205 e. The van der Waals surface area contributed by atoms with Gasteiger partial charge in [-0.2, -0.15) is 10.3 Å². The average molecular weight is 360 g/mol. The summed E-state index contributed by atoms with van der Waals surface area (Å²) in [7, 11) is 1.78. The molecule has 1 spiro atoms. The third-order valence-corrected chi connectivity index (χ3v) is 6.00. The van der Waals surface area contributed by atoms with Crippen molar-refractivity contribution in [3.63, 3.8) is 0 Å². The maximum Gasteiger partial charge on any atom is 0.205 e. The van der Waals surface area contributed by atoms with E-state index in [-0.39, 0.29) is 5.41 Å². The quantitative estimate of drug-likeness (QED) is 0.745. The lowest BCUT2D eigenvalue weighted by Gasteiger charge is -2.36. The van der Waals surface area contributed by atoms with E-state index in [2.05, 4.69) is 29.3 Å². The molecule has 0 aliphatic heterocycles. The van der Waals surface area contributed by atoms with Crippen LogP contribution in [0.1, 0.15) is 42.4 Å². The Balaban J connectivity index is 1.57. The van der Waals surface area contributed by atoms with Gasteiger partial charge in [-0.3, -0.25) is 0 Å². The molecule has 1 saturated carbocycles. The normalized spacial score (nSPS) is 25.3. The largest absolute Gasteiger partial charge is 0.489 e. The van der Waals surface area contributed by atoms with Gasteiger partial charge in [0.25, 0.3) is 0 Å². The summed E-state index contributed by atoms with van der Waals surface area (Å²) in [4.78, 5) is 4.28. The Morgan fingerprint density at radius 2 is 1.93 bits per heavy atom. The number of fused-ring (bicyclic) bond motifs is 1. The van der Waals surface area contributed by atoms with Crippen molar-refractivity contribution in [2.45, 2.75) is 44.8 Å². The molecule has 4 rings (SSSR count). The zero-order valence-electron chi connectivity index (χ0n) is 15.6. The van der Waals surface area contributed by atoms with Crippen molar-refractivity contribution in [1.29, 1.82) is 5.26 Å². The number of methoxy groups -OCH3 is 1. The van der Waals surface area contributed by atoms with E-state index < -0.39 is 0 Å². The second kappa shape index (κ2) is 7.54. The van der Waals surface area contributed by atoms with Gasteiger partial charge in [-0.15, -0.1) is 0 Å². The van der Waals surface area contributed by atoms with E-state index >= 15 is 0 Å². The Kier molecular flexibility index (Phi) is 4.96. The van der Waals surface area contributed by atoms with Gasteiger partial charge in [-0.1, -0.05) is 36.4 Å². The van der Waals surface area contributed by atoms with Crippen molar-refractivity contribution in [2.75, 3.05) is 7.11 Å². The molecule has 2 aromatic carbocycles. The number of hydrogen-bond donors (Lipinski definition) is 0. The summed E-state index contributed by atoms with van der Waals surface area (Å²) >= 11 is 0. The first-order valence-electron chi connectivity index (χ1n) is 9.54. The molecule has 0 atom stereocenters. The summed E-state index contributed by atoms with van der Waals surface area (Å²) in [6, 6.07) is 16.4. The SMILES string of the molecule is COC1CCC2(CC1)Cc1ccc(OCc3ccccc3)cc1C2=NC#N. The standard InChI is InChI=1S/C23H24N2O2/c1-26-19-9-11-23(12-10-19)14-18-7-8-20(13-21(18)22(23)25-16-24)27-15-17-5-3-2-4-6-17/h2-8,13,19H,9-12,14-15H2,1H3. The van der Waals surface area contributed by atoms with E-state index in [0.717, 1.165) is 54.7 Å². The van der Waals surface area contributed by atoms with Gasteiger partial charge in [0.15, 0.2) is 0 Å². The highest BCUT2D eigenvalue weighted by Gasteiger charge is 2.45. The Morgan fingerprint density at radius 1 is 1.15 bits per heavy atom. The molecular formula is C23H24N2O2. The molecular weight excluding hydrogens is 336 g/mol. The van der Waals surface area contributed by atoms with Crippen LogP contribution in [-0.2, 0) is 17.8 Å². The molecule has 1 fully saturated rings. The maximum atomic E-state index is 9.29. The summed E-state index contributed by atoms with van der Waals surface area (Å²) in [5.41, 5.74) is 4.41. The second-order valence-electron chi connectivity index (χ2n) is 7.55. The number of benzene rings is 2. The predicted molar refractivity (Wildman–Crippen MR) is 105 cm³/mol. The minimum absolute atomic E-state index is 0.0227. The van der Waals surface area contributed by atoms with Crippen molar-refractivity contribution < 1.29 is 9.47 Å². The van der Waals surface area contributed by atoms with Crippen LogP contribution in [0.5, 0.6) is 5.75 Å². The van der Waals surface area contributed by atoms with Gasteiger partial charge in [0, 0.05) is 18.1 Å². The zero-order valence-corrected chi connectivity index (χ0v) is 15.6. The van der Waals surface area contributed by atoms with E-state index in [1.165, 1.54) is 5.56 Å². The van der Waals surface area contributed by atoms with E-state index in [1.807, 2.05) is 30.5 Å². The molecule has 2 aromatic rings. The fraction of sp³-hybridized carbons (Fsp3) is 0.391. The number of hydrogen-bond acceptors (Lipinski definition) is 4. The number of nitrogens with zero attached hydrogens (tertiary/aromatic N) is 2. The zero-order chi connectivity index (χ0) is 18.7. The third-order valence-electron chi connectivity index (χ3n) is 6.00. The van der Waals surface area contributed by atoms with Crippen LogP contribution in [0.4, 0.5) is 0 Å². The summed E-state index contributed by atoms with van der Waals surface area (Å²) in [5, 5.41) is 9.29. The van der Waals surface area contributed by atoms with Crippen molar-refractivity contribution in [1.82, 2.24) is 0 Å². The van der Waals surface area contributed by atoms with Crippen LogP contribution in [0.3, 0.4) is 0 Å². The maximum absolute atomic E-state index is 9.29. The van der Waals surface area contributed by atoms with Crippen LogP contribution < -0.4 is 4.74 Å². The number of ether oxygens (including phenoxy) is 2. The van der Waals surface area contributed by atoms with Gasteiger partial charge in [0.1, 0.15) is 12.4 Å². The first-order chi connectivity index (χ1) is 13.2. The summed E-state index contributed by atoms with van der Waals surface area (Å²) in [6.45, 7) is 0.533. The van der Waals surface area contributed by atoms with Crippen molar-refractivity contribution in [3.05, 3.63) is 65.2 Å². The van der Waals surface area contributed by atoms with Crippen LogP contribution in [0.15, 0.2) is 53.5 Å². The topological polar surface area (TPSA) is 54.6 Å². The molecule has 0 radical (unpaired) electrons. The highest BCUT2D eigenvalue weighted by molar-refractivity contribution is 6.09. The van der Waals surface area contributed by atoms with Gasteiger partial charge in [-0.05, 0) is 55.4 Å². The third kappa shape index (κ3) is 3.48.